The minimum absolute atomic E-state index is 0. The molecule has 0 heterocycles. The fourth-order valence-corrected chi connectivity index (χ4v) is 6.24. The third-order valence-corrected chi connectivity index (χ3v) is 9.11. The van der Waals surface area contributed by atoms with Crippen molar-refractivity contribution in [2.45, 2.75) is 4.90 Å². The number of carbonyl (C=O) groups excluding carboxylic acids is 2. The Kier molecular flexibility index (Phi) is 13.4. The van der Waals surface area contributed by atoms with Gasteiger partial charge in [0.15, 0.2) is 5.78 Å². The molecule has 0 fully saturated rings. The number of nitrogens with one attached hydrogen (secondary N) is 2. The molecule has 0 bridgehead atoms. The maximum atomic E-state index is 13.6. The first-order valence-electron chi connectivity index (χ1n) is 14.7. The second kappa shape index (κ2) is 17.2. The molecule has 4 aromatic carbocycles. The summed E-state index contributed by atoms with van der Waals surface area (Å²) >= 11 is 0. The van der Waals surface area contributed by atoms with Crippen LogP contribution in [-0.4, -0.2) is 48.9 Å². The molecule has 6 rings (SSSR count). The Morgan fingerprint density at radius 1 is 0.660 bits per heavy atom. The Hall–Kier alpha value is -4.40. The van der Waals surface area contributed by atoms with Crippen LogP contribution in [0.15, 0.2) is 139 Å². The number of hydrogen-bond acceptors (Lipinski definition) is 15. The second-order valence-corrected chi connectivity index (χ2v) is 13.5. The number of azo groups is 1. The summed E-state index contributed by atoms with van der Waals surface area (Å²) < 4.78 is 73.2. The molecule has 0 aliphatic heterocycles. The molecule has 4 aromatic rings. The van der Waals surface area contributed by atoms with E-state index in [0.717, 1.165) is 17.2 Å². The third kappa shape index (κ3) is 9.78. The maximum absolute atomic E-state index is 13.6. The van der Waals surface area contributed by atoms with Crippen LogP contribution in [0.2, 0.25) is 0 Å². The van der Waals surface area contributed by atoms with Crippen molar-refractivity contribution in [1.29, 1.82) is 0 Å². The van der Waals surface area contributed by atoms with Crippen molar-refractivity contribution in [3.63, 3.8) is 0 Å². The van der Waals surface area contributed by atoms with E-state index in [2.05, 4.69) is 31.3 Å². The summed E-state index contributed by atoms with van der Waals surface area (Å²) in [5.41, 5.74) is 12.2. The molecule has 0 radical (unpaired) electrons. The fraction of sp³-hybridized carbons (Fsp3) is 0. The van der Waals surface area contributed by atoms with Crippen molar-refractivity contribution in [3.05, 3.63) is 125 Å². The van der Waals surface area contributed by atoms with Gasteiger partial charge in [0.05, 0.1) is 43.8 Å². The summed E-state index contributed by atoms with van der Waals surface area (Å²) in [4.78, 5) is 22.8. The zero-order chi connectivity index (χ0) is 36.3. The van der Waals surface area contributed by atoms with Crippen LogP contribution in [0.1, 0.15) is 15.9 Å². The zero-order valence-corrected chi connectivity index (χ0v) is 33.6. The standard InChI is InChI=1S/C34H25N7O8S2.2Na/c35-31-30-22(19-29(51(47,48)49)33(34(30)43)41-38-23-4-2-1-3-5-23)18-28(50(44,45)46)32(31)40-39-25-12-8-21(9-13-25)20-6-10-24(11-7-20)36-37-26-14-16-27(42)17-15-26;;/h1-19,36,38H,35H2,(H,44,45,46)(H,47,48,49);;/q;2*+1/p-2/b40-39?,41-33+;;. The van der Waals surface area contributed by atoms with Gasteiger partial charge in [-0.25, -0.2) is 16.8 Å². The molecule has 15 nitrogen and oxygen atoms in total. The van der Waals surface area contributed by atoms with Crippen molar-refractivity contribution in [2.24, 2.45) is 20.4 Å². The molecule has 0 amide bonds. The fourth-order valence-electron chi connectivity index (χ4n) is 4.93. The number of hydrazone groups is 2. The molecule has 4 N–H and O–H groups in total. The number of carbonyl (C=O) groups is 2. The average molecular weight is 768 g/mol. The molecule has 53 heavy (non-hydrogen) atoms. The molecule has 0 aromatic heterocycles. The number of nitrogen functional groups attached to an aromatic ring is 1. The van der Waals surface area contributed by atoms with E-state index in [1.807, 2.05) is 12.1 Å². The number of para-hydroxylation sites is 1. The minimum atomic E-state index is -5.32. The molecular formula is C34H23N7Na2O8S2. The smallest absolute Gasteiger partial charge is 0.744 e. The zero-order valence-electron chi connectivity index (χ0n) is 27.9. The SMILES string of the molecule is Nc1c(N=Nc2ccc(-c3ccc(NN=C4C=CC(=O)C=C4)cc3)cc2)c(S(=O)(=O)[O-])cc2c1C(=O)/C(=N/Nc1ccccc1)C(S(=O)(=O)[O-])=C2.[Na+].[Na+]. The molecule has 2 aliphatic rings. The van der Waals surface area contributed by atoms with Gasteiger partial charge in [-0.3, -0.25) is 20.4 Å². The molecule has 0 saturated carbocycles. The predicted octanol–water partition coefficient (Wildman–Crippen LogP) is -0.723. The van der Waals surface area contributed by atoms with Crippen LogP contribution in [-0.2, 0) is 25.0 Å². The molecule has 0 spiro atoms. The van der Waals surface area contributed by atoms with Crippen LogP contribution >= 0.6 is 0 Å². The Morgan fingerprint density at radius 2 is 1.23 bits per heavy atom. The van der Waals surface area contributed by atoms with Crippen LogP contribution in [0.3, 0.4) is 0 Å². The van der Waals surface area contributed by atoms with E-state index in [1.54, 1.807) is 78.9 Å². The van der Waals surface area contributed by atoms with Gasteiger partial charge in [-0.1, -0.05) is 42.5 Å². The first-order chi connectivity index (χ1) is 24.3. The summed E-state index contributed by atoms with van der Waals surface area (Å²) in [5.74, 6) is -1.25. The monoisotopic (exact) mass is 767 g/mol. The predicted molar refractivity (Wildman–Crippen MR) is 189 cm³/mol. The molecule has 0 unspecified atom stereocenters. The molecular weight excluding hydrogens is 745 g/mol. The summed E-state index contributed by atoms with van der Waals surface area (Å²) in [7, 11) is -10.6. The molecule has 0 atom stereocenters. The number of rotatable bonds is 9. The van der Waals surface area contributed by atoms with Gasteiger partial charge in [0, 0.05) is 0 Å². The quantitative estimate of drug-likeness (QED) is 0.0479. The van der Waals surface area contributed by atoms with Gasteiger partial charge in [0.1, 0.15) is 31.6 Å². The first kappa shape index (κ1) is 41.4. The van der Waals surface area contributed by atoms with Crippen molar-refractivity contribution in [1.82, 2.24) is 0 Å². The van der Waals surface area contributed by atoms with Gasteiger partial charge >= 0.3 is 59.1 Å². The van der Waals surface area contributed by atoms with Crippen LogP contribution in [0.5, 0.6) is 0 Å². The number of benzene rings is 4. The van der Waals surface area contributed by atoms with Gasteiger partial charge < -0.3 is 14.8 Å². The number of ketones is 2. The average Bonchev–Trinajstić information content (AvgIpc) is 3.10. The second-order valence-electron chi connectivity index (χ2n) is 10.8. The normalized spacial score (nSPS) is 14.6. The van der Waals surface area contributed by atoms with Crippen molar-refractivity contribution >= 4 is 77.7 Å². The summed E-state index contributed by atoms with van der Waals surface area (Å²) in [6, 6.07) is 22.7. The van der Waals surface area contributed by atoms with Crippen molar-refractivity contribution < 1.29 is 94.6 Å². The third-order valence-electron chi connectivity index (χ3n) is 7.41. The molecule has 256 valence electrons. The van der Waals surface area contributed by atoms with Crippen LogP contribution in [0.4, 0.5) is 28.4 Å². The van der Waals surface area contributed by atoms with Crippen LogP contribution in [0.25, 0.3) is 17.2 Å². The van der Waals surface area contributed by atoms with Crippen LogP contribution < -0.4 is 75.7 Å². The van der Waals surface area contributed by atoms with E-state index in [9.17, 15) is 35.5 Å². The van der Waals surface area contributed by atoms with Crippen molar-refractivity contribution in [2.75, 3.05) is 16.6 Å². The minimum Gasteiger partial charge on any atom is -0.744 e. The van der Waals surface area contributed by atoms with E-state index in [-0.39, 0.29) is 70.6 Å². The number of hydrogen-bond donors (Lipinski definition) is 3. The Bertz CT molecular complexity index is 2480. The number of allylic oxidation sites excluding steroid dienone is 5. The number of nitrogens with two attached hydrogens (primary N) is 1. The van der Waals surface area contributed by atoms with Gasteiger partial charge in [-0.15, -0.1) is 5.11 Å². The van der Waals surface area contributed by atoms with Gasteiger partial charge in [0.25, 0.3) is 0 Å². The van der Waals surface area contributed by atoms with E-state index in [1.165, 1.54) is 12.2 Å². The Labute approximate surface area is 347 Å². The number of fused-ring (bicyclic) bond motifs is 1. The molecule has 2 aliphatic carbocycles. The van der Waals surface area contributed by atoms with E-state index in [4.69, 9.17) is 5.73 Å². The topological polar surface area (TPSA) is 248 Å². The first-order valence-corrected chi connectivity index (χ1v) is 17.5. The van der Waals surface area contributed by atoms with Gasteiger partial charge in [-0.2, -0.15) is 15.3 Å². The number of anilines is 3. The summed E-state index contributed by atoms with van der Waals surface area (Å²) in [5, 5.41) is 16.0. The Balaban J connectivity index is 0.00000314. The largest absolute Gasteiger partial charge is 1.00 e. The van der Waals surface area contributed by atoms with Gasteiger partial charge in [-0.05, 0) is 89.5 Å². The Morgan fingerprint density at radius 3 is 1.81 bits per heavy atom. The summed E-state index contributed by atoms with van der Waals surface area (Å²) in [6.07, 6.45) is 6.74. The summed E-state index contributed by atoms with van der Waals surface area (Å²) in [6.45, 7) is 0. The van der Waals surface area contributed by atoms with E-state index < -0.39 is 64.0 Å². The maximum Gasteiger partial charge on any atom is 1.00 e. The van der Waals surface area contributed by atoms with Gasteiger partial charge in [0.2, 0.25) is 5.78 Å². The van der Waals surface area contributed by atoms with E-state index >= 15 is 0 Å². The van der Waals surface area contributed by atoms with Crippen molar-refractivity contribution in [3.8, 4) is 11.1 Å². The van der Waals surface area contributed by atoms with Crippen LogP contribution in [0, 0.1) is 0 Å². The number of Topliss-reactive ketones (excluding diaryl/α,β-unsaturated/α-hetero) is 1. The molecule has 19 heteroatoms. The van der Waals surface area contributed by atoms with E-state index in [0.29, 0.717) is 23.2 Å². The molecule has 0 saturated heterocycles. The number of nitrogens with zero attached hydrogens (tertiary/aromatic N) is 4.